The lowest BCUT2D eigenvalue weighted by Gasteiger charge is -2.25. The predicted octanol–water partition coefficient (Wildman–Crippen LogP) is -0.985. The maximum atomic E-state index is 12.1. The molecule has 9 N–H and O–H groups in total. The number of nitrogens with two attached hydrogens (primary N) is 1. The summed E-state index contributed by atoms with van der Waals surface area (Å²) in [6.45, 7) is -0.939. The van der Waals surface area contributed by atoms with Crippen LogP contribution in [-0.2, 0) is 31.8 Å². The van der Waals surface area contributed by atoms with Crippen LogP contribution in [0.25, 0.3) is 11.2 Å². The molecule has 2 unspecified atom stereocenters. The van der Waals surface area contributed by atoms with Gasteiger partial charge < -0.3 is 44.9 Å². The monoisotopic (exact) mass is 569 g/mol. The fourth-order valence-corrected chi connectivity index (χ4v) is 10.5. The van der Waals surface area contributed by atoms with E-state index in [9.17, 15) is 33.2 Å². The lowest BCUT2D eigenvalue weighted by Crippen LogP contribution is -2.26. The van der Waals surface area contributed by atoms with Crippen LogP contribution in [-0.4, -0.2) is 77.9 Å². The Hall–Kier alpha value is -1.13. The zero-order chi connectivity index (χ0) is 25.7. The molecule has 1 fully saturated rings. The second kappa shape index (κ2) is 9.39. The van der Waals surface area contributed by atoms with Crippen molar-refractivity contribution in [2.75, 3.05) is 12.3 Å². The molecule has 19 nitrogen and oxygen atoms in total. The molecule has 192 valence electrons. The number of ether oxygens (including phenoxy) is 1. The Morgan fingerprint density at radius 1 is 1.09 bits per heavy atom. The summed E-state index contributed by atoms with van der Waals surface area (Å²) in [5.41, 5.74) is 6.19. The van der Waals surface area contributed by atoms with Crippen molar-refractivity contribution in [1.82, 2.24) is 19.5 Å². The number of aliphatic hydroxyl groups is 1. The second-order valence-corrected chi connectivity index (χ2v) is 15.1. The fraction of sp³-hybridized carbons (Fsp3) is 0.545. The predicted molar refractivity (Wildman–Crippen MR) is 109 cm³/mol. The van der Waals surface area contributed by atoms with E-state index in [1.54, 1.807) is 0 Å². The molecule has 5 atom stereocenters. The smallest absolute Gasteiger partial charge is 0.390 e. The molecule has 0 spiro atoms. The number of rotatable bonds is 9. The molecule has 0 amide bonds. The van der Waals surface area contributed by atoms with Crippen LogP contribution in [0, 0.1) is 0 Å². The molecule has 1 aliphatic heterocycles. The lowest BCUT2D eigenvalue weighted by molar-refractivity contribution is -0.0421. The number of aromatic nitrogens is 4. The highest BCUT2D eigenvalue weighted by atomic mass is 31.3. The third-order valence-corrected chi connectivity index (χ3v) is 13.8. The summed E-state index contributed by atoms with van der Waals surface area (Å²) in [4.78, 5) is 67.2. The van der Waals surface area contributed by atoms with E-state index in [0.29, 0.717) is 0 Å². The van der Waals surface area contributed by atoms with Gasteiger partial charge in [-0.3, -0.25) is 22.8 Å². The van der Waals surface area contributed by atoms with Crippen LogP contribution in [0.5, 0.6) is 0 Å². The number of hydrogen-bond acceptors (Lipinski definition) is 12. The molecule has 3 heterocycles. The van der Waals surface area contributed by atoms with Gasteiger partial charge in [0.1, 0.15) is 24.2 Å². The van der Waals surface area contributed by atoms with E-state index in [1.807, 2.05) is 0 Å². The van der Waals surface area contributed by atoms with Gasteiger partial charge in [-0.15, -0.1) is 0 Å². The summed E-state index contributed by atoms with van der Waals surface area (Å²) in [5.74, 6) is 0.0814. The number of fused-ring (bicyclic) bond motifs is 1. The van der Waals surface area contributed by atoms with Crippen molar-refractivity contribution in [1.29, 1.82) is 0 Å². The quantitative estimate of drug-likeness (QED) is 0.168. The minimum Gasteiger partial charge on any atom is -0.390 e. The molecule has 3 rings (SSSR count). The van der Waals surface area contributed by atoms with E-state index >= 15 is 0 Å². The molecule has 0 bridgehead atoms. The van der Waals surface area contributed by atoms with E-state index in [4.69, 9.17) is 30.0 Å². The molecule has 2 aromatic heterocycles. The number of phosphoric acid groups is 1. The van der Waals surface area contributed by atoms with Gasteiger partial charge in [0.05, 0.1) is 19.0 Å². The minimum atomic E-state index is -6.13. The number of aliphatic hydroxyl groups excluding tert-OH is 1. The van der Waals surface area contributed by atoms with Crippen molar-refractivity contribution in [2.45, 2.75) is 30.0 Å². The molecule has 34 heavy (non-hydrogen) atoms. The van der Waals surface area contributed by atoms with Crippen LogP contribution in [0.3, 0.4) is 0 Å². The maximum absolute atomic E-state index is 12.1. The fourth-order valence-electron chi connectivity index (χ4n) is 3.07. The molecule has 1 aliphatic rings. The summed E-state index contributed by atoms with van der Waals surface area (Å²) in [6, 6.07) is 0. The van der Waals surface area contributed by atoms with Gasteiger partial charge in [-0.1, -0.05) is 0 Å². The zero-order valence-corrected chi connectivity index (χ0v) is 20.1. The third kappa shape index (κ3) is 5.98. The standard InChI is InChI=1S/C11H19N5O14P4/c12-9-8-10(14-3-13-9)16(4-15-8)7-1-5(17)6(29-7)2-28-34(26,27)30-33(24,25)11(31(18,19)20)32(21,22)23/h3-7,11,17H,1-2H2,(H,24,25)(H,26,27)(H2,12,13,14)(H2,18,19,20)(H2,21,22,23)/t5-,6+,7+/m0/s1. The van der Waals surface area contributed by atoms with Crippen LogP contribution in [0.2, 0.25) is 0 Å². The molecule has 0 aromatic carbocycles. The van der Waals surface area contributed by atoms with Gasteiger partial charge in [0.25, 0.3) is 5.14 Å². The highest BCUT2D eigenvalue weighted by molar-refractivity contribution is 7.88. The molecule has 23 heteroatoms. The Labute approximate surface area is 189 Å². The molecule has 0 aliphatic carbocycles. The number of imidazole rings is 1. The zero-order valence-electron chi connectivity index (χ0n) is 16.5. The average Bonchev–Trinajstić information content (AvgIpc) is 3.20. The second-order valence-electron chi connectivity index (χ2n) is 6.95. The highest BCUT2D eigenvalue weighted by Gasteiger charge is 2.59. The number of nitrogens with zero attached hydrogens (tertiary/aromatic N) is 4. The normalized spacial score (nSPS) is 25.5. The largest absolute Gasteiger partial charge is 0.479 e. The Morgan fingerprint density at radius 3 is 2.29 bits per heavy atom. The SMILES string of the molecule is Nc1ncnc2c1ncn2[C@H]1C[C@H](O)[C@@H](COP(=O)(O)OP(=O)(O)C(P(=O)(O)O)P(=O)(O)O)O1. The number of phosphoric ester groups is 1. The van der Waals surface area contributed by atoms with Gasteiger partial charge >= 0.3 is 30.6 Å². The van der Waals surface area contributed by atoms with Crippen molar-refractivity contribution >= 4 is 47.6 Å². The van der Waals surface area contributed by atoms with Gasteiger partial charge in [0.2, 0.25) is 0 Å². The number of nitrogen functional groups attached to an aromatic ring is 1. The van der Waals surface area contributed by atoms with Crippen LogP contribution in [0.15, 0.2) is 12.7 Å². The van der Waals surface area contributed by atoms with Crippen molar-refractivity contribution in [3.8, 4) is 0 Å². The van der Waals surface area contributed by atoms with Gasteiger partial charge in [0.15, 0.2) is 11.5 Å². The molecular weight excluding hydrogens is 550 g/mol. The van der Waals surface area contributed by atoms with Crippen molar-refractivity contribution in [2.24, 2.45) is 0 Å². The number of hydrogen-bond donors (Lipinski definition) is 8. The minimum absolute atomic E-state index is 0.0814. The third-order valence-electron chi connectivity index (χ3n) is 4.42. The lowest BCUT2D eigenvalue weighted by atomic mass is 10.2. The van der Waals surface area contributed by atoms with Crippen LogP contribution in [0.4, 0.5) is 5.82 Å². The van der Waals surface area contributed by atoms with Crippen LogP contribution >= 0.6 is 30.6 Å². The first-order chi connectivity index (χ1) is 15.4. The van der Waals surface area contributed by atoms with Crippen LogP contribution in [0.1, 0.15) is 12.6 Å². The van der Waals surface area contributed by atoms with E-state index < -0.39 is 60.8 Å². The van der Waals surface area contributed by atoms with Gasteiger partial charge in [0, 0.05) is 6.42 Å². The maximum Gasteiger partial charge on any atom is 0.479 e. The summed E-state index contributed by atoms with van der Waals surface area (Å²) < 4.78 is 61.9. The van der Waals surface area contributed by atoms with Gasteiger partial charge in [-0.05, 0) is 0 Å². The van der Waals surface area contributed by atoms with E-state index in [-0.39, 0.29) is 23.4 Å². The van der Waals surface area contributed by atoms with E-state index in [2.05, 4.69) is 23.8 Å². The Kier molecular flexibility index (Phi) is 7.58. The Bertz CT molecular complexity index is 1240. The van der Waals surface area contributed by atoms with Crippen molar-refractivity contribution < 1.29 is 66.3 Å². The Morgan fingerprint density at radius 2 is 1.71 bits per heavy atom. The molecule has 0 radical (unpaired) electrons. The summed E-state index contributed by atoms with van der Waals surface area (Å²) in [7, 11) is -23.8. The molecule has 2 aromatic rings. The summed E-state index contributed by atoms with van der Waals surface area (Å²) in [5, 5.41) is 6.57. The van der Waals surface area contributed by atoms with Crippen molar-refractivity contribution in [3.63, 3.8) is 0 Å². The number of anilines is 1. The first kappa shape index (κ1) is 27.5. The van der Waals surface area contributed by atoms with Gasteiger partial charge in [-0.2, -0.15) is 0 Å². The first-order valence-corrected chi connectivity index (χ1v) is 15.3. The summed E-state index contributed by atoms with van der Waals surface area (Å²) >= 11 is 0. The molecular formula is C11H19N5O14P4. The van der Waals surface area contributed by atoms with Crippen LogP contribution < -0.4 is 5.73 Å². The molecule has 0 saturated carbocycles. The van der Waals surface area contributed by atoms with Gasteiger partial charge in [-0.25, -0.2) is 23.8 Å². The van der Waals surface area contributed by atoms with E-state index in [1.165, 1.54) is 10.9 Å². The van der Waals surface area contributed by atoms with E-state index in [0.717, 1.165) is 6.33 Å². The molecule has 1 saturated heterocycles. The van der Waals surface area contributed by atoms with Crippen molar-refractivity contribution in [3.05, 3.63) is 12.7 Å². The first-order valence-electron chi connectivity index (χ1n) is 8.80. The topological polar surface area (TPSA) is 307 Å². The Balaban J connectivity index is 1.70. The summed E-state index contributed by atoms with van der Waals surface area (Å²) in [6.07, 6.45) is -1.15. The highest BCUT2D eigenvalue weighted by Crippen LogP contribution is 2.78. The average molecular weight is 569 g/mol.